The largest absolute Gasteiger partial charge is 0.462 e. The average Bonchev–Trinajstić information content (AvgIpc) is 3.23. The average molecular weight is 824 g/mol. The summed E-state index contributed by atoms with van der Waals surface area (Å²) < 4.78 is 5.90. The van der Waals surface area contributed by atoms with Gasteiger partial charge in [-0.15, -0.1) is 0 Å². The van der Waals surface area contributed by atoms with Gasteiger partial charge in [0, 0.05) is 6.42 Å². The van der Waals surface area contributed by atoms with E-state index in [4.69, 9.17) is 4.74 Å². The smallest absolute Gasteiger partial charge is 0.306 e. The topological polar surface area (TPSA) is 95.9 Å². The lowest BCUT2D eigenvalue weighted by atomic mass is 10.0. The first-order valence-electron chi connectivity index (χ1n) is 24.7. The van der Waals surface area contributed by atoms with Crippen molar-refractivity contribution in [1.29, 1.82) is 0 Å². The van der Waals surface area contributed by atoms with Crippen molar-refractivity contribution in [3.63, 3.8) is 0 Å². The van der Waals surface area contributed by atoms with E-state index >= 15 is 0 Å². The second-order valence-electron chi connectivity index (χ2n) is 16.5. The molecule has 0 bridgehead atoms. The molecule has 3 atom stereocenters. The normalized spacial score (nSPS) is 13.9. The zero-order valence-electron chi connectivity index (χ0n) is 38.6. The van der Waals surface area contributed by atoms with Crippen molar-refractivity contribution in [3.8, 4) is 0 Å². The van der Waals surface area contributed by atoms with Gasteiger partial charge in [0.05, 0.1) is 25.2 Å². The summed E-state index contributed by atoms with van der Waals surface area (Å²) in [5, 5.41) is 23.6. The van der Waals surface area contributed by atoms with Gasteiger partial charge in [-0.3, -0.25) is 9.59 Å². The number of esters is 1. The van der Waals surface area contributed by atoms with Crippen LogP contribution in [-0.4, -0.2) is 46.9 Å². The van der Waals surface area contributed by atoms with Gasteiger partial charge >= 0.3 is 5.97 Å². The molecule has 340 valence electrons. The van der Waals surface area contributed by atoms with Gasteiger partial charge in [0.2, 0.25) is 5.91 Å². The number of nitrogens with one attached hydrogen (secondary N) is 1. The summed E-state index contributed by atoms with van der Waals surface area (Å²) in [5.41, 5.74) is 0. The highest BCUT2D eigenvalue weighted by Crippen LogP contribution is 2.17. The summed E-state index contributed by atoms with van der Waals surface area (Å²) >= 11 is 0. The Balaban J connectivity index is 4.69. The van der Waals surface area contributed by atoms with Crippen molar-refractivity contribution in [2.75, 3.05) is 6.61 Å². The molecule has 0 rings (SSSR count). The van der Waals surface area contributed by atoms with Crippen LogP contribution in [0.3, 0.4) is 0 Å². The summed E-state index contributed by atoms with van der Waals surface area (Å²) in [6.45, 7) is 6.30. The van der Waals surface area contributed by atoms with E-state index in [1.807, 2.05) is 0 Å². The van der Waals surface area contributed by atoms with Crippen LogP contribution < -0.4 is 5.32 Å². The molecule has 3 N–H and O–H groups in total. The van der Waals surface area contributed by atoms with Crippen LogP contribution in [0.1, 0.15) is 226 Å². The molecule has 59 heavy (non-hydrogen) atoms. The zero-order valence-corrected chi connectivity index (χ0v) is 38.6. The van der Waals surface area contributed by atoms with Crippen molar-refractivity contribution in [2.45, 2.75) is 244 Å². The van der Waals surface area contributed by atoms with Crippen LogP contribution in [0.5, 0.6) is 0 Å². The number of aliphatic hydroxyl groups is 2. The zero-order chi connectivity index (χ0) is 43.1. The molecule has 0 saturated heterocycles. The Kier molecular flexibility index (Phi) is 44.2. The van der Waals surface area contributed by atoms with Gasteiger partial charge in [-0.05, 0) is 96.3 Å². The minimum Gasteiger partial charge on any atom is -0.462 e. The van der Waals surface area contributed by atoms with Crippen molar-refractivity contribution in [3.05, 3.63) is 72.9 Å². The lowest BCUT2D eigenvalue weighted by Crippen LogP contribution is -2.46. The molecule has 0 aliphatic carbocycles. The highest BCUT2D eigenvalue weighted by atomic mass is 16.5. The number of allylic oxidation sites excluding steroid dienone is 12. The summed E-state index contributed by atoms with van der Waals surface area (Å²) in [7, 11) is 0. The van der Waals surface area contributed by atoms with Gasteiger partial charge in [0.1, 0.15) is 6.10 Å². The van der Waals surface area contributed by atoms with Crippen molar-refractivity contribution in [1.82, 2.24) is 5.32 Å². The van der Waals surface area contributed by atoms with Crippen LogP contribution in [0.25, 0.3) is 0 Å². The molecule has 0 radical (unpaired) electrons. The molecule has 0 aromatic rings. The van der Waals surface area contributed by atoms with Crippen LogP contribution in [0.2, 0.25) is 0 Å². The van der Waals surface area contributed by atoms with E-state index in [0.29, 0.717) is 19.3 Å². The van der Waals surface area contributed by atoms with E-state index in [1.54, 1.807) is 0 Å². The fraction of sp³-hybridized carbons (Fsp3) is 0.736. The number of unbranched alkanes of at least 4 members (excludes halogenated alkanes) is 19. The fourth-order valence-electron chi connectivity index (χ4n) is 7.04. The monoisotopic (exact) mass is 824 g/mol. The first-order valence-corrected chi connectivity index (χ1v) is 24.7. The molecule has 0 aromatic heterocycles. The number of amides is 1. The highest BCUT2D eigenvalue weighted by molar-refractivity contribution is 5.77. The van der Waals surface area contributed by atoms with E-state index < -0.39 is 18.2 Å². The lowest BCUT2D eigenvalue weighted by molar-refractivity contribution is -0.151. The van der Waals surface area contributed by atoms with Gasteiger partial charge in [0.25, 0.3) is 0 Å². The fourth-order valence-corrected chi connectivity index (χ4v) is 7.04. The van der Waals surface area contributed by atoms with Crippen LogP contribution in [0.15, 0.2) is 72.9 Å². The summed E-state index contributed by atoms with van der Waals surface area (Å²) in [4.78, 5) is 26.1. The number of rotatable bonds is 43. The third-order valence-electron chi connectivity index (χ3n) is 10.8. The van der Waals surface area contributed by atoms with Crippen LogP contribution >= 0.6 is 0 Å². The number of hydrogen-bond acceptors (Lipinski definition) is 5. The Morgan fingerprint density at radius 1 is 0.508 bits per heavy atom. The second kappa shape index (κ2) is 46.4. The Morgan fingerprint density at radius 2 is 0.915 bits per heavy atom. The highest BCUT2D eigenvalue weighted by Gasteiger charge is 2.24. The third kappa shape index (κ3) is 41.8. The van der Waals surface area contributed by atoms with E-state index in [2.05, 4.69) is 99.0 Å². The molecule has 0 fully saturated rings. The lowest BCUT2D eigenvalue weighted by Gasteiger charge is -2.24. The minimum absolute atomic E-state index is 0.0505. The molecule has 0 saturated carbocycles. The van der Waals surface area contributed by atoms with Crippen molar-refractivity contribution >= 4 is 11.9 Å². The van der Waals surface area contributed by atoms with E-state index in [-0.39, 0.29) is 24.9 Å². The molecule has 6 heteroatoms. The predicted octanol–water partition coefficient (Wildman–Crippen LogP) is 14.6. The number of hydrogen-bond donors (Lipinski definition) is 3. The Hall–Kier alpha value is -2.70. The molecular weight excluding hydrogens is 731 g/mol. The van der Waals surface area contributed by atoms with Gasteiger partial charge in [-0.1, -0.05) is 190 Å². The van der Waals surface area contributed by atoms with Crippen LogP contribution in [0.4, 0.5) is 0 Å². The van der Waals surface area contributed by atoms with Crippen LogP contribution in [-0.2, 0) is 14.3 Å². The van der Waals surface area contributed by atoms with Crippen LogP contribution in [0, 0.1) is 0 Å². The molecule has 1 amide bonds. The summed E-state index contributed by atoms with van der Waals surface area (Å²) in [6.07, 6.45) is 58.2. The maximum Gasteiger partial charge on any atom is 0.306 e. The van der Waals surface area contributed by atoms with Gasteiger partial charge in [-0.2, -0.15) is 0 Å². The first-order chi connectivity index (χ1) is 29.0. The van der Waals surface area contributed by atoms with Crippen molar-refractivity contribution in [2.24, 2.45) is 0 Å². The minimum atomic E-state index is -0.799. The summed E-state index contributed by atoms with van der Waals surface area (Å²) in [5.74, 6) is -0.526. The molecule has 6 nitrogen and oxygen atoms in total. The Bertz CT molecular complexity index is 1110. The van der Waals surface area contributed by atoms with Gasteiger partial charge in [0.15, 0.2) is 0 Å². The number of carbonyl (C=O) groups excluding carboxylic acids is 2. The Labute approximate surface area is 364 Å². The maximum absolute atomic E-state index is 13.2. The molecular formula is C53H93NO5. The van der Waals surface area contributed by atoms with E-state index in [9.17, 15) is 19.8 Å². The third-order valence-corrected chi connectivity index (χ3v) is 10.8. The van der Waals surface area contributed by atoms with Crippen molar-refractivity contribution < 1.29 is 24.5 Å². The second-order valence-corrected chi connectivity index (χ2v) is 16.5. The molecule has 0 aliphatic heterocycles. The molecule has 0 aliphatic rings. The van der Waals surface area contributed by atoms with Gasteiger partial charge < -0.3 is 20.3 Å². The standard InChI is InChI=1S/C53H93NO5/c1-4-7-10-13-16-19-21-23-25-26-27-28-30-33-35-38-41-44-49(59-53(58)46-43-40-37-34-31-29-24-22-20-17-14-11-8-5-2)47-52(57)54-50(48-55)51(56)45-42-39-36-32-18-15-12-9-6-3/h8,11,16-17,19-20,23-25,27-29,49-51,55-56H,4-7,9-10,12-15,18,21-22,26,30-48H2,1-3H3,(H,54,57)/b11-8+,19-16-,20-17+,25-23-,28-27-,29-24+. The van der Waals surface area contributed by atoms with E-state index in [1.165, 1.54) is 64.2 Å². The molecule has 0 heterocycles. The maximum atomic E-state index is 13.2. The predicted molar refractivity (Wildman–Crippen MR) is 255 cm³/mol. The quantitative estimate of drug-likeness (QED) is 0.0323. The molecule has 0 aromatic carbocycles. The number of carbonyl (C=O) groups is 2. The number of aliphatic hydroxyl groups excluding tert-OH is 2. The molecule has 3 unspecified atom stereocenters. The van der Waals surface area contributed by atoms with Gasteiger partial charge in [-0.25, -0.2) is 0 Å². The molecule has 0 spiro atoms. The SMILES string of the molecule is CC/C=C/C/C=C/C/C=C/CCCCCCC(=O)OC(CCCCCC/C=C\C/C=C\C/C=C\CCCCC)CC(=O)NC(CO)C(O)CCCCCCCCCCC. The first kappa shape index (κ1) is 56.3. The van der Waals surface area contributed by atoms with E-state index in [0.717, 1.165) is 116 Å². The Morgan fingerprint density at radius 3 is 1.42 bits per heavy atom. The summed E-state index contributed by atoms with van der Waals surface area (Å²) in [6, 6.07) is -0.715. The number of ether oxygens (including phenoxy) is 1.